The van der Waals surface area contributed by atoms with Gasteiger partial charge in [0.2, 0.25) is 0 Å². The van der Waals surface area contributed by atoms with Crippen LogP contribution in [0.4, 0.5) is 0 Å². The Morgan fingerprint density at radius 3 is 2.41 bits per heavy atom. The first-order chi connectivity index (χ1) is 16.6. The summed E-state index contributed by atoms with van der Waals surface area (Å²) >= 11 is 0. The number of benzene rings is 3. The van der Waals surface area contributed by atoms with Crippen molar-refractivity contribution >= 4 is 24.2 Å². The normalized spacial score (nSPS) is 10.9. The van der Waals surface area contributed by atoms with Crippen molar-refractivity contribution in [3.8, 4) is 17.2 Å². The van der Waals surface area contributed by atoms with Crippen LogP contribution in [0, 0.1) is 0 Å². The molecule has 0 aliphatic carbocycles. The van der Waals surface area contributed by atoms with Gasteiger partial charge in [0.05, 0.1) is 19.9 Å². The summed E-state index contributed by atoms with van der Waals surface area (Å²) in [5.41, 5.74) is 4.49. The standard InChI is InChI=1S/C27H26N2O5/c1-3-17-33-23-13-11-22(12-14-23)27(31)29-28-19-21-9-15-24(25(18-21)32-2)34-26(30)16-10-20-7-5-4-6-8-20/h4-16,18-19H,3,17H2,1-2H3,(H,29,31)/b16-10+,28-19+. The summed E-state index contributed by atoms with van der Waals surface area (Å²) in [6.45, 7) is 2.65. The first-order valence-corrected chi connectivity index (χ1v) is 10.8. The molecule has 3 rings (SSSR count). The molecule has 1 N–H and O–H groups in total. The molecule has 3 aromatic rings. The molecule has 0 bridgehead atoms. The lowest BCUT2D eigenvalue weighted by Crippen LogP contribution is -2.17. The average Bonchev–Trinajstić information content (AvgIpc) is 2.87. The molecule has 174 valence electrons. The molecule has 0 radical (unpaired) electrons. The molecule has 7 nitrogen and oxygen atoms in total. The Kier molecular flexibility index (Phi) is 8.99. The summed E-state index contributed by atoms with van der Waals surface area (Å²) in [6.07, 6.45) is 5.41. The third kappa shape index (κ3) is 7.34. The second-order valence-electron chi connectivity index (χ2n) is 7.15. The summed E-state index contributed by atoms with van der Waals surface area (Å²) in [7, 11) is 1.48. The van der Waals surface area contributed by atoms with Crippen LogP contribution in [0.15, 0.2) is 84.0 Å². The first-order valence-electron chi connectivity index (χ1n) is 10.8. The van der Waals surface area contributed by atoms with Gasteiger partial charge < -0.3 is 14.2 Å². The minimum Gasteiger partial charge on any atom is -0.494 e. The van der Waals surface area contributed by atoms with Crippen LogP contribution in [0.25, 0.3) is 6.08 Å². The zero-order chi connectivity index (χ0) is 24.2. The second-order valence-corrected chi connectivity index (χ2v) is 7.15. The Hall–Kier alpha value is -4.39. The van der Waals surface area contributed by atoms with E-state index in [1.54, 1.807) is 48.5 Å². The number of hydrazone groups is 1. The molecule has 0 aliphatic rings. The molecule has 3 aromatic carbocycles. The SMILES string of the molecule is CCCOc1ccc(C(=O)N/N=C/c2ccc(OC(=O)/C=C/c3ccccc3)c(OC)c2)cc1. The molecule has 0 unspecified atom stereocenters. The fourth-order valence-electron chi connectivity index (χ4n) is 2.87. The summed E-state index contributed by atoms with van der Waals surface area (Å²) < 4.78 is 16.2. The molecule has 0 atom stereocenters. The maximum atomic E-state index is 12.3. The Bertz CT molecular complexity index is 1160. The number of hydrogen-bond donors (Lipinski definition) is 1. The van der Waals surface area contributed by atoms with E-state index < -0.39 is 5.97 Å². The van der Waals surface area contributed by atoms with Crippen LogP contribution in [0.5, 0.6) is 17.2 Å². The molecule has 0 fully saturated rings. The largest absolute Gasteiger partial charge is 0.494 e. The minimum absolute atomic E-state index is 0.275. The lowest BCUT2D eigenvalue weighted by molar-refractivity contribution is -0.129. The number of carbonyl (C=O) groups excluding carboxylic acids is 2. The molecule has 34 heavy (non-hydrogen) atoms. The van der Waals surface area contributed by atoms with Gasteiger partial charge in [0.15, 0.2) is 11.5 Å². The summed E-state index contributed by atoms with van der Waals surface area (Å²) in [5, 5.41) is 3.99. The zero-order valence-electron chi connectivity index (χ0n) is 19.1. The zero-order valence-corrected chi connectivity index (χ0v) is 19.1. The van der Waals surface area contributed by atoms with Crippen molar-refractivity contribution < 1.29 is 23.8 Å². The number of amides is 1. The molecule has 0 saturated carbocycles. The van der Waals surface area contributed by atoms with Gasteiger partial charge >= 0.3 is 5.97 Å². The van der Waals surface area contributed by atoms with E-state index in [0.29, 0.717) is 29.2 Å². The van der Waals surface area contributed by atoms with Crippen molar-refractivity contribution in [1.82, 2.24) is 5.43 Å². The number of carbonyl (C=O) groups is 2. The number of hydrogen-bond acceptors (Lipinski definition) is 6. The molecule has 0 aliphatic heterocycles. The van der Waals surface area contributed by atoms with Gasteiger partial charge in [-0.25, -0.2) is 10.2 Å². The highest BCUT2D eigenvalue weighted by molar-refractivity contribution is 5.95. The van der Waals surface area contributed by atoms with E-state index in [2.05, 4.69) is 10.5 Å². The van der Waals surface area contributed by atoms with Crippen LogP contribution in [-0.4, -0.2) is 31.8 Å². The molecule has 0 spiro atoms. The van der Waals surface area contributed by atoms with E-state index in [4.69, 9.17) is 14.2 Å². The Labute approximate surface area is 198 Å². The van der Waals surface area contributed by atoms with Gasteiger partial charge in [-0.1, -0.05) is 37.3 Å². The topological polar surface area (TPSA) is 86.2 Å². The molecule has 1 amide bonds. The van der Waals surface area contributed by atoms with Gasteiger partial charge in [-0.2, -0.15) is 5.10 Å². The van der Waals surface area contributed by atoms with Crippen molar-refractivity contribution in [2.45, 2.75) is 13.3 Å². The lowest BCUT2D eigenvalue weighted by atomic mass is 10.2. The fraction of sp³-hybridized carbons (Fsp3) is 0.148. The monoisotopic (exact) mass is 458 g/mol. The lowest BCUT2D eigenvalue weighted by Gasteiger charge is -2.08. The van der Waals surface area contributed by atoms with E-state index in [9.17, 15) is 9.59 Å². The average molecular weight is 459 g/mol. The van der Waals surface area contributed by atoms with E-state index in [0.717, 1.165) is 12.0 Å². The molecular weight excluding hydrogens is 432 g/mol. The third-order valence-corrected chi connectivity index (χ3v) is 4.58. The third-order valence-electron chi connectivity index (χ3n) is 4.58. The smallest absolute Gasteiger partial charge is 0.336 e. The predicted molar refractivity (Wildman–Crippen MR) is 131 cm³/mol. The minimum atomic E-state index is -0.526. The van der Waals surface area contributed by atoms with Crippen molar-refractivity contribution in [2.75, 3.05) is 13.7 Å². The predicted octanol–water partition coefficient (Wildman–Crippen LogP) is 4.87. The van der Waals surface area contributed by atoms with Crippen molar-refractivity contribution in [2.24, 2.45) is 5.10 Å². The van der Waals surface area contributed by atoms with Crippen molar-refractivity contribution in [3.05, 3.63) is 95.6 Å². The number of nitrogens with zero attached hydrogens (tertiary/aromatic N) is 1. The van der Waals surface area contributed by atoms with Crippen molar-refractivity contribution in [3.63, 3.8) is 0 Å². The van der Waals surface area contributed by atoms with Crippen LogP contribution in [0.1, 0.15) is 34.8 Å². The number of esters is 1. The van der Waals surface area contributed by atoms with Crippen LogP contribution >= 0.6 is 0 Å². The highest BCUT2D eigenvalue weighted by Crippen LogP contribution is 2.28. The van der Waals surface area contributed by atoms with Crippen LogP contribution in [-0.2, 0) is 4.79 Å². The molecule has 0 saturated heterocycles. The summed E-state index contributed by atoms with van der Waals surface area (Å²) in [4.78, 5) is 24.4. The Morgan fingerprint density at radius 1 is 0.941 bits per heavy atom. The molecular formula is C27H26N2O5. The van der Waals surface area contributed by atoms with Gasteiger partial charge in [0.1, 0.15) is 5.75 Å². The van der Waals surface area contributed by atoms with Gasteiger partial charge in [-0.15, -0.1) is 0 Å². The van der Waals surface area contributed by atoms with Gasteiger partial charge in [-0.05, 0) is 66.1 Å². The number of ether oxygens (including phenoxy) is 3. The molecule has 0 heterocycles. The van der Waals surface area contributed by atoms with Gasteiger partial charge in [0, 0.05) is 11.6 Å². The molecule has 7 heteroatoms. The van der Waals surface area contributed by atoms with E-state index in [1.807, 2.05) is 37.3 Å². The van der Waals surface area contributed by atoms with Crippen LogP contribution < -0.4 is 19.6 Å². The molecule has 0 aromatic heterocycles. The maximum absolute atomic E-state index is 12.3. The highest BCUT2D eigenvalue weighted by atomic mass is 16.6. The van der Waals surface area contributed by atoms with Crippen LogP contribution in [0.2, 0.25) is 0 Å². The Balaban J connectivity index is 1.57. The summed E-state index contributed by atoms with van der Waals surface area (Å²) in [6, 6.07) is 21.2. The van der Waals surface area contributed by atoms with E-state index >= 15 is 0 Å². The quantitative estimate of drug-likeness (QED) is 0.154. The van der Waals surface area contributed by atoms with E-state index in [1.165, 1.54) is 19.4 Å². The highest BCUT2D eigenvalue weighted by Gasteiger charge is 2.09. The van der Waals surface area contributed by atoms with E-state index in [-0.39, 0.29) is 11.7 Å². The van der Waals surface area contributed by atoms with Crippen molar-refractivity contribution in [1.29, 1.82) is 0 Å². The van der Waals surface area contributed by atoms with Gasteiger partial charge in [-0.3, -0.25) is 4.79 Å². The first kappa shape index (κ1) is 24.3. The summed E-state index contributed by atoms with van der Waals surface area (Å²) in [5.74, 6) is 0.476. The Morgan fingerprint density at radius 2 is 1.71 bits per heavy atom. The number of rotatable bonds is 10. The number of methoxy groups -OCH3 is 1. The second kappa shape index (κ2) is 12.6. The fourth-order valence-corrected chi connectivity index (χ4v) is 2.87. The van der Waals surface area contributed by atoms with Crippen LogP contribution in [0.3, 0.4) is 0 Å². The van der Waals surface area contributed by atoms with Gasteiger partial charge in [0.25, 0.3) is 5.91 Å². The number of nitrogens with one attached hydrogen (secondary N) is 1. The maximum Gasteiger partial charge on any atom is 0.336 e.